The summed E-state index contributed by atoms with van der Waals surface area (Å²) >= 11 is 12.1. The van der Waals surface area contributed by atoms with Crippen molar-refractivity contribution in [3.8, 4) is 0 Å². The topological polar surface area (TPSA) is 49.5 Å². The molecule has 1 aliphatic rings. The van der Waals surface area contributed by atoms with Gasteiger partial charge in [-0.05, 0) is 36.5 Å². The largest absolute Gasteiger partial charge is 0.396 e. The maximum Gasteiger partial charge on any atom is 0.0465 e. The van der Waals surface area contributed by atoms with Crippen LogP contribution in [0.5, 0.6) is 0 Å². The molecule has 0 radical (unpaired) electrons. The predicted octanol–water partition coefficient (Wildman–Crippen LogP) is 2.53. The van der Waals surface area contributed by atoms with Gasteiger partial charge in [-0.2, -0.15) is 0 Å². The van der Waals surface area contributed by atoms with Crippen LogP contribution in [0.3, 0.4) is 0 Å². The number of nitrogens with two attached hydrogens (primary N) is 1. The van der Waals surface area contributed by atoms with E-state index in [4.69, 9.17) is 34.0 Å². The molecule has 3 N–H and O–H groups in total. The van der Waals surface area contributed by atoms with E-state index < -0.39 is 0 Å². The molecule has 0 aliphatic carbocycles. The highest BCUT2D eigenvalue weighted by Crippen LogP contribution is 2.25. The van der Waals surface area contributed by atoms with E-state index in [2.05, 4.69) is 4.90 Å². The summed E-state index contributed by atoms with van der Waals surface area (Å²) < 4.78 is 0. The van der Waals surface area contributed by atoms with E-state index in [9.17, 15) is 0 Å². The zero-order valence-corrected chi connectivity index (χ0v) is 12.4. The van der Waals surface area contributed by atoms with Crippen molar-refractivity contribution >= 4 is 23.2 Å². The molecule has 106 valence electrons. The summed E-state index contributed by atoms with van der Waals surface area (Å²) in [4.78, 5) is 2.31. The molecule has 3 nitrogen and oxygen atoms in total. The van der Waals surface area contributed by atoms with Crippen molar-refractivity contribution in [2.75, 3.05) is 19.7 Å². The maximum atomic E-state index is 9.06. The third-order valence-electron chi connectivity index (χ3n) is 3.59. The summed E-state index contributed by atoms with van der Waals surface area (Å²) in [5.74, 6) is 0.472. The Morgan fingerprint density at radius 2 is 2.11 bits per heavy atom. The van der Waals surface area contributed by atoms with Gasteiger partial charge in [0.1, 0.15) is 0 Å². The van der Waals surface area contributed by atoms with Crippen LogP contribution in [0.15, 0.2) is 18.2 Å². The number of aliphatic hydroxyl groups excluding tert-OH is 1. The van der Waals surface area contributed by atoms with Crippen LogP contribution in [0.4, 0.5) is 0 Å². The summed E-state index contributed by atoms with van der Waals surface area (Å²) in [6, 6.07) is 5.77. The number of benzene rings is 1. The molecular weight excluding hydrogens is 283 g/mol. The summed E-state index contributed by atoms with van der Waals surface area (Å²) in [5, 5.41) is 10.4. The molecule has 2 atom stereocenters. The first-order chi connectivity index (χ1) is 9.08. The summed E-state index contributed by atoms with van der Waals surface area (Å²) in [5.41, 5.74) is 7.16. The lowest BCUT2D eigenvalue weighted by Gasteiger charge is -2.36. The van der Waals surface area contributed by atoms with Crippen molar-refractivity contribution in [2.24, 2.45) is 11.7 Å². The van der Waals surface area contributed by atoms with E-state index in [1.54, 1.807) is 6.07 Å². The zero-order chi connectivity index (χ0) is 13.8. The number of hydrogen-bond acceptors (Lipinski definition) is 3. The molecule has 0 bridgehead atoms. The van der Waals surface area contributed by atoms with Gasteiger partial charge in [-0.3, -0.25) is 4.90 Å². The number of rotatable bonds is 4. The normalized spacial score (nSPS) is 24.6. The number of hydrogen-bond donors (Lipinski definition) is 2. The fourth-order valence-corrected chi connectivity index (χ4v) is 3.23. The third kappa shape index (κ3) is 4.33. The standard InChI is InChI=1S/C14H20Cl2N2O/c15-12-2-1-11(14(16)6-12)8-18-7-10(3-4-19)5-13(17)9-18/h1-2,6,10,13,19H,3-5,7-9,17H2. The van der Waals surface area contributed by atoms with Crippen molar-refractivity contribution < 1.29 is 5.11 Å². The van der Waals surface area contributed by atoms with Crippen LogP contribution in [-0.2, 0) is 6.54 Å². The van der Waals surface area contributed by atoms with Crippen molar-refractivity contribution in [3.63, 3.8) is 0 Å². The Morgan fingerprint density at radius 1 is 1.32 bits per heavy atom. The van der Waals surface area contributed by atoms with Gasteiger partial charge in [-0.15, -0.1) is 0 Å². The fraction of sp³-hybridized carbons (Fsp3) is 0.571. The molecule has 1 aromatic rings. The summed E-state index contributed by atoms with van der Waals surface area (Å²) in [6.07, 6.45) is 1.81. The van der Waals surface area contributed by atoms with E-state index >= 15 is 0 Å². The second kappa shape index (κ2) is 6.91. The monoisotopic (exact) mass is 302 g/mol. The molecule has 5 heteroatoms. The van der Waals surface area contributed by atoms with Gasteiger partial charge in [0.05, 0.1) is 0 Å². The maximum absolute atomic E-state index is 9.06. The molecule has 19 heavy (non-hydrogen) atoms. The average Bonchev–Trinajstić information content (AvgIpc) is 2.32. The Bertz CT molecular complexity index is 428. The smallest absolute Gasteiger partial charge is 0.0465 e. The molecule has 0 saturated carbocycles. The first-order valence-electron chi connectivity index (χ1n) is 6.61. The first-order valence-corrected chi connectivity index (χ1v) is 7.36. The van der Waals surface area contributed by atoms with Gasteiger partial charge in [-0.1, -0.05) is 29.3 Å². The van der Waals surface area contributed by atoms with Crippen LogP contribution < -0.4 is 5.73 Å². The second-order valence-corrected chi connectivity index (χ2v) is 6.15. The van der Waals surface area contributed by atoms with Gasteiger partial charge in [0.2, 0.25) is 0 Å². The van der Waals surface area contributed by atoms with Crippen LogP contribution in [-0.4, -0.2) is 35.7 Å². The van der Waals surface area contributed by atoms with Crippen LogP contribution >= 0.6 is 23.2 Å². The van der Waals surface area contributed by atoms with Gasteiger partial charge in [0, 0.05) is 42.3 Å². The molecule has 1 saturated heterocycles. The van der Waals surface area contributed by atoms with E-state index in [0.29, 0.717) is 16.0 Å². The molecule has 2 unspecified atom stereocenters. The lowest BCUT2D eigenvalue weighted by Crippen LogP contribution is -2.46. The molecule has 1 fully saturated rings. The molecule has 1 heterocycles. The van der Waals surface area contributed by atoms with E-state index in [-0.39, 0.29) is 12.6 Å². The highest BCUT2D eigenvalue weighted by molar-refractivity contribution is 6.35. The summed E-state index contributed by atoms with van der Waals surface area (Å²) in [7, 11) is 0. The quantitative estimate of drug-likeness (QED) is 0.898. The zero-order valence-electron chi connectivity index (χ0n) is 10.9. The Balaban J connectivity index is 2.01. The van der Waals surface area contributed by atoms with Gasteiger partial charge in [0.15, 0.2) is 0 Å². The predicted molar refractivity (Wildman–Crippen MR) is 79.5 cm³/mol. The first kappa shape index (κ1) is 15.1. The minimum atomic E-state index is 0.177. The molecule has 1 aromatic carbocycles. The molecule has 0 amide bonds. The van der Waals surface area contributed by atoms with Crippen molar-refractivity contribution in [1.29, 1.82) is 0 Å². The lowest BCUT2D eigenvalue weighted by molar-refractivity contribution is 0.128. The number of piperidine rings is 1. The average molecular weight is 303 g/mol. The van der Waals surface area contributed by atoms with Crippen LogP contribution in [0, 0.1) is 5.92 Å². The fourth-order valence-electron chi connectivity index (χ4n) is 2.76. The minimum absolute atomic E-state index is 0.177. The number of halogens is 2. The van der Waals surface area contributed by atoms with Gasteiger partial charge >= 0.3 is 0 Å². The number of nitrogens with zero attached hydrogens (tertiary/aromatic N) is 1. The highest BCUT2D eigenvalue weighted by atomic mass is 35.5. The third-order valence-corrected chi connectivity index (χ3v) is 4.18. The van der Waals surface area contributed by atoms with Gasteiger partial charge in [0.25, 0.3) is 0 Å². The van der Waals surface area contributed by atoms with E-state index in [0.717, 1.165) is 38.0 Å². The molecule has 1 aliphatic heterocycles. The van der Waals surface area contributed by atoms with E-state index in [1.807, 2.05) is 12.1 Å². The van der Waals surface area contributed by atoms with E-state index in [1.165, 1.54) is 0 Å². The number of likely N-dealkylation sites (tertiary alicyclic amines) is 1. The lowest BCUT2D eigenvalue weighted by atomic mass is 9.92. The Labute approximate surface area is 124 Å². The Hall–Kier alpha value is -0.320. The molecule has 2 rings (SSSR count). The van der Waals surface area contributed by atoms with Crippen molar-refractivity contribution in [2.45, 2.75) is 25.4 Å². The Kier molecular flexibility index (Phi) is 5.48. The van der Waals surface area contributed by atoms with Crippen molar-refractivity contribution in [1.82, 2.24) is 4.90 Å². The molecular formula is C14H20Cl2N2O. The second-order valence-electron chi connectivity index (χ2n) is 5.30. The van der Waals surface area contributed by atoms with Gasteiger partial charge in [-0.25, -0.2) is 0 Å². The summed E-state index contributed by atoms with van der Waals surface area (Å²) in [6.45, 7) is 2.85. The van der Waals surface area contributed by atoms with Gasteiger partial charge < -0.3 is 10.8 Å². The van der Waals surface area contributed by atoms with Crippen LogP contribution in [0.25, 0.3) is 0 Å². The number of aliphatic hydroxyl groups is 1. The SMILES string of the molecule is NC1CC(CCO)CN(Cc2ccc(Cl)cc2Cl)C1. The van der Waals surface area contributed by atoms with Crippen molar-refractivity contribution in [3.05, 3.63) is 33.8 Å². The van der Waals surface area contributed by atoms with Crippen LogP contribution in [0.2, 0.25) is 10.0 Å². The van der Waals surface area contributed by atoms with Crippen LogP contribution in [0.1, 0.15) is 18.4 Å². The molecule has 0 spiro atoms. The molecule has 0 aromatic heterocycles. The highest BCUT2D eigenvalue weighted by Gasteiger charge is 2.25. The minimum Gasteiger partial charge on any atom is -0.396 e. The Morgan fingerprint density at radius 3 is 2.79 bits per heavy atom.